The van der Waals surface area contributed by atoms with Crippen molar-refractivity contribution >= 4 is 28.4 Å². The molecule has 3 rings (SSSR count). The molecule has 0 atom stereocenters. The lowest BCUT2D eigenvalue weighted by atomic mass is 10.1. The minimum Gasteiger partial charge on any atom is -0.360 e. The molecule has 5 heteroatoms. The van der Waals surface area contributed by atoms with E-state index >= 15 is 0 Å². The van der Waals surface area contributed by atoms with Gasteiger partial charge in [0.05, 0.1) is 5.69 Å². The van der Waals surface area contributed by atoms with Gasteiger partial charge in [-0.3, -0.25) is 4.79 Å². The number of nitriles is 1. The summed E-state index contributed by atoms with van der Waals surface area (Å²) in [5.41, 5.74) is 3.80. The van der Waals surface area contributed by atoms with E-state index in [1.807, 2.05) is 35.7 Å². The van der Waals surface area contributed by atoms with Crippen LogP contribution in [0.2, 0.25) is 0 Å². The minimum absolute atomic E-state index is 0.0241. The number of benzene rings is 2. The van der Waals surface area contributed by atoms with E-state index in [4.69, 9.17) is 0 Å². The largest absolute Gasteiger partial charge is 0.360 e. The first-order chi connectivity index (χ1) is 12.2. The van der Waals surface area contributed by atoms with Crippen LogP contribution in [0.25, 0.3) is 16.8 Å². The van der Waals surface area contributed by atoms with Crippen LogP contribution in [0.1, 0.15) is 22.3 Å². The van der Waals surface area contributed by atoms with Crippen molar-refractivity contribution in [2.24, 2.45) is 0 Å². The standard InChI is InChI=1S/C20H15N3OS/c1-14(24)15-7-9-18(10-8-15)22-12-17(11-21)20-23-19(13-25-20)16-5-3-2-4-6-16/h2-10,12-13,22H,1H3/b17-12+. The molecule has 0 aliphatic carbocycles. The molecule has 1 aromatic heterocycles. The molecular formula is C20H15N3OS. The molecule has 0 aliphatic rings. The highest BCUT2D eigenvalue weighted by molar-refractivity contribution is 7.11. The van der Waals surface area contributed by atoms with Crippen molar-refractivity contribution in [3.05, 3.63) is 76.7 Å². The van der Waals surface area contributed by atoms with Crippen molar-refractivity contribution in [2.75, 3.05) is 5.32 Å². The molecule has 0 saturated carbocycles. The van der Waals surface area contributed by atoms with Gasteiger partial charge in [-0.2, -0.15) is 5.26 Å². The summed E-state index contributed by atoms with van der Waals surface area (Å²) in [4.78, 5) is 15.8. The molecule has 0 aliphatic heterocycles. The van der Waals surface area contributed by atoms with Crippen LogP contribution in [0.3, 0.4) is 0 Å². The molecule has 1 heterocycles. The molecule has 122 valence electrons. The molecule has 0 bridgehead atoms. The fourth-order valence-electron chi connectivity index (χ4n) is 2.24. The summed E-state index contributed by atoms with van der Waals surface area (Å²) in [6.07, 6.45) is 1.64. The Labute approximate surface area is 150 Å². The zero-order valence-electron chi connectivity index (χ0n) is 13.6. The Balaban J connectivity index is 1.78. The first-order valence-electron chi connectivity index (χ1n) is 7.66. The van der Waals surface area contributed by atoms with Crippen molar-refractivity contribution in [2.45, 2.75) is 6.92 Å². The highest BCUT2D eigenvalue weighted by Crippen LogP contribution is 2.26. The normalized spacial score (nSPS) is 11.0. The van der Waals surface area contributed by atoms with Gasteiger partial charge in [0, 0.05) is 28.4 Å². The van der Waals surface area contributed by atoms with E-state index in [1.54, 1.807) is 30.5 Å². The van der Waals surface area contributed by atoms with Crippen LogP contribution in [0, 0.1) is 11.3 Å². The average Bonchev–Trinajstić information content (AvgIpc) is 3.13. The summed E-state index contributed by atoms with van der Waals surface area (Å²) in [6, 6.07) is 19.1. The number of hydrogen-bond donors (Lipinski definition) is 1. The van der Waals surface area contributed by atoms with E-state index in [0.29, 0.717) is 16.1 Å². The summed E-state index contributed by atoms with van der Waals surface area (Å²) in [5.74, 6) is 0.0241. The minimum atomic E-state index is 0.0241. The average molecular weight is 345 g/mol. The van der Waals surface area contributed by atoms with Gasteiger partial charge in [0.1, 0.15) is 16.6 Å². The smallest absolute Gasteiger partial charge is 0.159 e. The van der Waals surface area contributed by atoms with Crippen LogP contribution in [0.15, 0.2) is 66.2 Å². The summed E-state index contributed by atoms with van der Waals surface area (Å²) in [5, 5.41) is 15.1. The van der Waals surface area contributed by atoms with Crippen molar-refractivity contribution < 1.29 is 4.79 Å². The van der Waals surface area contributed by atoms with E-state index in [-0.39, 0.29) is 5.78 Å². The molecule has 4 nitrogen and oxygen atoms in total. The third-order valence-electron chi connectivity index (χ3n) is 3.60. The third-order valence-corrected chi connectivity index (χ3v) is 4.47. The maximum absolute atomic E-state index is 11.3. The predicted octanol–water partition coefficient (Wildman–Crippen LogP) is 4.99. The third kappa shape index (κ3) is 4.00. The Kier molecular flexibility index (Phi) is 5.03. The van der Waals surface area contributed by atoms with Gasteiger partial charge in [0.2, 0.25) is 0 Å². The second kappa shape index (κ2) is 7.56. The number of Topliss-reactive ketones (excluding diaryl/α,β-unsaturated/α-hetero) is 1. The number of hydrogen-bond acceptors (Lipinski definition) is 5. The van der Waals surface area contributed by atoms with Crippen LogP contribution in [-0.4, -0.2) is 10.8 Å². The number of thiazole rings is 1. The van der Waals surface area contributed by atoms with Crippen LogP contribution < -0.4 is 5.32 Å². The summed E-state index contributed by atoms with van der Waals surface area (Å²) in [7, 11) is 0. The first kappa shape index (κ1) is 16.6. The maximum atomic E-state index is 11.3. The van der Waals surface area contributed by atoms with Crippen LogP contribution in [-0.2, 0) is 0 Å². The topological polar surface area (TPSA) is 65.8 Å². The summed E-state index contributed by atoms with van der Waals surface area (Å²) >= 11 is 1.43. The van der Waals surface area contributed by atoms with E-state index in [2.05, 4.69) is 16.4 Å². The van der Waals surface area contributed by atoms with Crippen LogP contribution >= 0.6 is 11.3 Å². The van der Waals surface area contributed by atoms with Gasteiger partial charge < -0.3 is 5.32 Å². The van der Waals surface area contributed by atoms with E-state index < -0.39 is 0 Å². The fourth-order valence-corrected chi connectivity index (χ4v) is 3.03. The number of rotatable bonds is 5. The molecule has 2 aromatic carbocycles. The van der Waals surface area contributed by atoms with Crippen LogP contribution in [0.5, 0.6) is 0 Å². The van der Waals surface area contributed by atoms with E-state index in [1.165, 1.54) is 18.3 Å². The van der Waals surface area contributed by atoms with Gasteiger partial charge in [-0.1, -0.05) is 30.3 Å². The van der Waals surface area contributed by atoms with Gasteiger partial charge in [0.15, 0.2) is 5.78 Å². The molecule has 3 aromatic rings. The Bertz CT molecular complexity index is 951. The van der Waals surface area contributed by atoms with Crippen molar-refractivity contribution in [3.8, 4) is 17.3 Å². The molecule has 0 unspecified atom stereocenters. The number of anilines is 1. The van der Waals surface area contributed by atoms with Crippen molar-refractivity contribution in [1.29, 1.82) is 5.26 Å². The summed E-state index contributed by atoms with van der Waals surface area (Å²) < 4.78 is 0. The van der Waals surface area contributed by atoms with E-state index in [0.717, 1.165) is 16.9 Å². The number of allylic oxidation sites excluding steroid dienone is 1. The van der Waals surface area contributed by atoms with Crippen molar-refractivity contribution in [1.82, 2.24) is 4.98 Å². The number of ketones is 1. The Morgan fingerprint density at radius 3 is 2.52 bits per heavy atom. The zero-order chi connectivity index (χ0) is 17.6. The Morgan fingerprint density at radius 2 is 1.88 bits per heavy atom. The molecule has 0 fully saturated rings. The molecule has 1 N–H and O–H groups in total. The van der Waals surface area contributed by atoms with Gasteiger partial charge in [-0.15, -0.1) is 11.3 Å². The molecule has 0 amide bonds. The van der Waals surface area contributed by atoms with Gasteiger partial charge >= 0.3 is 0 Å². The number of carbonyl (C=O) groups excluding carboxylic acids is 1. The quantitative estimate of drug-likeness (QED) is 0.522. The molecule has 0 spiro atoms. The number of nitrogens with zero attached hydrogens (tertiary/aromatic N) is 2. The lowest BCUT2D eigenvalue weighted by Crippen LogP contribution is -1.94. The zero-order valence-corrected chi connectivity index (χ0v) is 14.4. The highest BCUT2D eigenvalue weighted by atomic mass is 32.1. The lowest BCUT2D eigenvalue weighted by Gasteiger charge is -2.02. The Morgan fingerprint density at radius 1 is 1.16 bits per heavy atom. The molecule has 0 radical (unpaired) electrons. The fraction of sp³-hybridized carbons (Fsp3) is 0.0500. The molecule has 25 heavy (non-hydrogen) atoms. The number of carbonyl (C=O) groups is 1. The molecular weight excluding hydrogens is 330 g/mol. The SMILES string of the molecule is CC(=O)c1ccc(N/C=C(\C#N)c2nc(-c3ccccc3)cs2)cc1. The van der Waals surface area contributed by atoms with Crippen molar-refractivity contribution in [3.63, 3.8) is 0 Å². The summed E-state index contributed by atoms with van der Waals surface area (Å²) in [6.45, 7) is 1.53. The lowest BCUT2D eigenvalue weighted by molar-refractivity contribution is 0.101. The van der Waals surface area contributed by atoms with Gasteiger partial charge in [-0.25, -0.2) is 4.98 Å². The number of nitrogens with one attached hydrogen (secondary N) is 1. The van der Waals surface area contributed by atoms with E-state index in [9.17, 15) is 10.1 Å². The van der Waals surface area contributed by atoms with Gasteiger partial charge in [-0.05, 0) is 31.2 Å². The second-order valence-electron chi connectivity index (χ2n) is 5.35. The monoisotopic (exact) mass is 345 g/mol. The second-order valence-corrected chi connectivity index (χ2v) is 6.21. The van der Waals surface area contributed by atoms with Crippen LogP contribution in [0.4, 0.5) is 5.69 Å². The first-order valence-corrected chi connectivity index (χ1v) is 8.54. The Hall–Kier alpha value is -3.23. The highest BCUT2D eigenvalue weighted by Gasteiger charge is 2.08. The van der Waals surface area contributed by atoms with Gasteiger partial charge in [0.25, 0.3) is 0 Å². The molecule has 0 saturated heterocycles. The predicted molar refractivity (Wildman–Crippen MR) is 101 cm³/mol. The maximum Gasteiger partial charge on any atom is 0.159 e. The number of aromatic nitrogens is 1.